The number of aliphatic hydroxyl groups excluding tert-OH is 2. The van der Waals surface area contributed by atoms with Crippen LogP contribution in [0.1, 0.15) is 59.3 Å². The summed E-state index contributed by atoms with van der Waals surface area (Å²) < 4.78 is 6.35. The number of hydrogen-bond donors (Lipinski definition) is 2. The van der Waals surface area contributed by atoms with Crippen LogP contribution >= 0.6 is 0 Å². The predicted molar refractivity (Wildman–Crippen MR) is 88.4 cm³/mol. The molecule has 128 valence electrons. The van der Waals surface area contributed by atoms with Crippen LogP contribution in [0.3, 0.4) is 0 Å². The third kappa shape index (κ3) is 10.2. The lowest BCUT2D eigenvalue weighted by Crippen LogP contribution is -2.54. The monoisotopic (exact) mass is 304 g/mol. The molecule has 0 radical (unpaired) electrons. The van der Waals surface area contributed by atoms with Gasteiger partial charge in [-0.15, -0.1) is 0 Å². The van der Waals surface area contributed by atoms with E-state index in [1.165, 1.54) is 32.1 Å². The largest absolute Gasteiger partial charge is 0.391 e. The Morgan fingerprint density at radius 1 is 0.952 bits per heavy atom. The maximum absolute atomic E-state index is 10.1. The molecule has 0 bridgehead atoms. The van der Waals surface area contributed by atoms with Gasteiger partial charge in [-0.25, -0.2) is 0 Å². The van der Waals surface area contributed by atoms with Crippen molar-refractivity contribution >= 4 is 0 Å². The maximum Gasteiger partial charge on any atom is 0.126 e. The highest BCUT2D eigenvalue weighted by Crippen LogP contribution is 2.09. The number of aliphatic hydroxyl groups is 2. The van der Waals surface area contributed by atoms with Gasteiger partial charge in [0.25, 0.3) is 0 Å². The molecule has 4 nitrogen and oxygen atoms in total. The maximum atomic E-state index is 10.1. The van der Waals surface area contributed by atoms with Crippen molar-refractivity contribution in [3.63, 3.8) is 0 Å². The molecule has 0 aromatic heterocycles. The molecule has 0 fully saturated rings. The Hall–Kier alpha value is -0.160. The van der Waals surface area contributed by atoms with Gasteiger partial charge in [0.15, 0.2) is 0 Å². The van der Waals surface area contributed by atoms with Gasteiger partial charge >= 0.3 is 0 Å². The van der Waals surface area contributed by atoms with Crippen LogP contribution in [-0.2, 0) is 4.74 Å². The van der Waals surface area contributed by atoms with Crippen LogP contribution in [0.15, 0.2) is 0 Å². The molecule has 0 aliphatic carbocycles. The molecular weight excluding hydrogens is 266 g/mol. The molecule has 0 rings (SSSR count). The van der Waals surface area contributed by atoms with Crippen LogP contribution in [0.4, 0.5) is 0 Å². The molecule has 1 unspecified atom stereocenters. The van der Waals surface area contributed by atoms with Gasteiger partial charge in [-0.05, 0) is 20.3 Å². The second kappa shape index (κ2) is 13.5. The Bertz CT molecular complexity index is 220. The van der Waals surface area contributed by atoms with E-state index in [-0.39, 0.29) is 6.61 Å². The Morgan fingerprint density at radius 3 is 2.14 bits per heavy atom. The fraction of sp³-hybridized carbons (Fsp3) is 1.00. The van der Waals surface area contributed by atoms with Gasteiger partial charge < -0.3 is 19.4 Å². The van der Waals surface area contributed by atoms with Crippen LogP contribution < -0.4 is 0 Å². The minimum absolute atomic E-state index is 0.174. The van der Waals surface area contributed by atoms with Crippen molar-refractivity contribution in [1.29, 1.82) is 0 Å². The molecule has 2 N–H and O–H groups in total. The van der Waals surface area contributed by atoms with E-state index < -0.39 is 6.10 Å². The van der Waals surface area contributed by atoms with E-state index in [4.69, 9.17) is 4.74 Å². The van der Waals surface area contributed by atoms with Crippen LogP contribution in [0.2, 0.25) is 0 Å². The minimum atomic E-state index is -0.434. The Balaban J connectivity index is 3.71. The van der Waals surface area contributed by atoms with E-state index in [0.29, 0.717) is 19.7 Å². The lowest BCUT2D eigenvalue weighted by molar-refractivity contribution is -0.928. The van der Waals surface area contributed by atoms with Crippen molar-refractivity contribution in [3.8, 4) is 0 Å². The van der Waals surface area contributed by atoms with Crippen molar-refractivity contribution in [2.45, 2.75) is 65.4 Å². The van der Waals surface area contributed by atoms with Crippen molar-refractivity contribution in [3.05, 3.63) is 0 Å². The quantitative estimate of drug-likeness (QED) is 0.361. The fourth-order valence-electron chi connectivity index (χ4n) is 2.81. The standard InChI is InChI=1S/C17H38NO3/c1-4-7-8-9-10-11-14-21-16-17(20)15-18(5-2,6-3)12-13-19/h17,19-20H,4-16H2,1-3H3/q+1. The molecule has 0 aliphatic rings. The zero-order chi connectivity index (χ0) is 16.0. The van der Waals surface area contributed by atoms with Crippen LogP contribution in [0.5, 0.6) is 0 Å². The highest BCUT2D eigenvalue weighted by atomic mass is 16.5. The molecule has 4 heteroatoms. The normalized spacial score (nSPS) is 13.6. The molecule has 0 aliphatic heterocycles. The van der Waals surface area contributed by atoms with Gasteiger partial charge in [-0.1, -0.05) is 39.0 Å². The summed E-state index contributed by atoms with van der Waals surface area (Å²) in [5, 5.41) is 19.3. The summed E-state index contributed by atoms with van der Waals surface area (Å²) in [6.07, 6.45) is 7.12. The number of rotatable bonds is 15. The number of nitrogens with zero attached hydrogens (tertiary/aromatic N) is 1. The van der Waals surface area contributed by atoms with Crippen molar-refractivity contribution < 1.29 is 19.4 Å². The van der Waals surface area contributed by atoms with Gasteiger partial charge in [-0.3, -0.25) is 0 Å². The predicted octanol–water partition coefficient (Wildman–Crippen LogP) is 2.57. The molecule has 0 heterocycles. The average Bonchev–Trinajstić information content (AvgIpc) is 2.49. The summed E-state index contributed by atoms with van der Waals surface area (Å²) in [5.41, 5.74) is 0. The first-order valence-corrected chi connectivity index (χ1v) is 8.85. The third-order valence-electron chi connectivity index (χ3n) is 4.47. The van der Waals surface area contributed by atoms with E-state index in [1.54, 1.807) is 0 Å². The first-order chi connectivity index (χ1) is 10.1. The van der Waals surface area contributed by atoms with Gasteiger partial charge in [0.1, 0.15) is 19.2 Å². The first kappa shape index (κ1) is 20.8. The SMILES string of the molecule is CCCCCCCCOCC(O)C[N+](CC)(CC)CCO. The van der Waals surface area contributed by atoms with Crippen molar-refractivity contribution in [2.24, 2.45) is 0 Å². The Labute approximate surface area is 131 Å². The molecule has 0 saturated carbocycles. The van der Waals surface area contributed by atoms with Crippen LogP contribution in [0, 0.1) is 0 Å². The van der Waals surface area contributed by atoms with Crippen LogP contribution in [0.25, 0.3) is 0 Å². The molecule has 21 heavy (non-hydrogen) atoms. The van der Waals surface area contributed by atoms with E-state index >= 15 is 0 Å². The van der Waals surface area contributed by atoms with Gasteiger partial charge in [0.2, 0.25) is 0 Å². The molecular formula is C17H38NO3+. The van der Waals surface area contributed by atoms with Crippen molar-refractivity contribution in [1.82, 2.24) is 0 Å². The van der Waals surface area contributed by atoms with Gasteiger partial charge in [0.05, 0.1) is 26.3 Å². The number of quaternary nitrogens is 1. The van der Waals surface area contributed by atoms with Crippen molar-refractivity contribution in [2.75, 3.05) is 46.0 Å². The zero-order valence-corrected chi connectivity index (χ0v) is 14.5. The molecule has 1 atom stereocenters. The molecule has 0 aromatic rings. The van der Waals surface area contributed by atoms with E-state index in [0.717, 1.165) is 30.6 Å². The highest BCUT2D eigenvalue weighted by Gasteiger charge is 2.26. The number of ether oxygens (including phenoxy) is 1. The lowest BCUT2D eigenvalue weighted by Gasteiger charge is -2.37. The summed E-state index contributed by atoms with van der Waals surface area (Å²) in [4.78, 5) is 0. The van der Waals surface area contributed by atoms with Crippen LogP contribution in [-0.4, -0.2) is 66.8 Å². The van der Waals surface area contributed by atoms with E-state index in [9.17, 15) is 10.2 Å². The highest BCUT2D eigenvalue weighted by molar-refractivity contribution is 4.55. The molecule has 0 amide bonds. The fourth-order valence-corrected chi connectivity index (χ4v) is 2.81. The number of hydrogen-bond acceptors (Lipinski definition) is 3. The van der Waals surface area contributed by atoms with Gasteiger partial charge in [0, 0.05) is 6.61 Å². The summed E-state index contributed by atoms with van der Waals surface area (Å²) in [5.74, 6) is 0. The zero-order valence-electron chi connectivity index (χ0n) is 14.5. The smallest absolute Gasteiger partial charge is 0.126 e. The number of unbranched alkanes of at least 4 members (excludes halogenated alkanes) is 5. The summed E-state index contributed by atoms with van der Waals surface area (Å²) in [6.45, 7) is 11.1. The van der Waals surface area contributed by atoms with E-state index in [1.807, 2.05) is 0 Å². The topological polar surface area (TPSA) is 49.7 Å². The summed E-state index contributed by atoms with van der Waals surface area (Å²) >= 11 is 0. The second-order valence-electron chi connectivity index (χ2n) is 6.10. The summed E-state index contributed by atoms with van der Waals surface area (Å²) in [6, 6.07) is 0. The minimum Gasteiger partial charge on any atom is -0.391 e. The Morgan fingerprint density at radius 2 is 1.57 bits per heavy atom. The Kier molecular flexibility index (Phi) is 13.4. The third-order valence-corrected chi connectivity index (χ3v) is 4.47. The molecule has 0 saturated heterocycles. The van der Waals surface area contributed by atoms with Gasteiger partial charge in [-0.2, -0.15) is 0 Å². The molecule has 0 spiro atoms. The summed E-state index contributed by atoms with van der Waals surface area (Å²) in [7, 11) is 0. The average molecular weight is 304 g/mol. The second-order valence-corrected chi connectivity index (χ2v) is 6.10. The molecule has 0 aromatic carbocycles. The van der Waals surface area contributed by atoms with E-state index in [2.05, 4.69) is 20.8 Å². The number of likely N-dealkylation sites (N-methyl/N-ethyl adjacent to an activating group) is 1. The first-order valence-electron chi connectivity index (χ1n) is 8.85. The lowest BCUT2D eigenvalue weighted by atomic mass is 10.1.